The van der Waals surface area contributed by atoms with Crippen LogP contribution in [0, 0.1) is 0 Å². The molecule has 104 valence electrons. The number of pyridine rings is 1. The highest BCUT2D eigenvalue weighted by Gasteiger charge is 2.28. The highest BCUT2D eigenvalue weighted by molar-refractivity contribution is 7.99. The Morgan fingerprint density at radius 3 is 3.05 bits per heavy atom. The molecule has 0 amide bonds. The Hall–Kier alpha value is -2.29. The number of nitrogens with two attached hydrogens (primary N) is 1. The Morgan fingerprint density at radius 2 is 2.35 bits per heavy atom. The van der Waals surface area contributed by atoms with Crippen molar-refractivity contribution in [3.8, 4) is 0 Å². The Bertz CT molecular complexity index is 718. The number of oxime groups is 1. The monoisotopic (exact) mass is 292 g/mol. The molecule has 3 rings (SSSR count). The number of aromatic amines is 1. The summed E-state index contributed by atoms with van der Waals surface area (Å²) in [6, 6.07) is 5.39. The topological polar surface area (TPSA) is 122 Å². The molecule has 20 heavy (non-hydrogen) atoms. The van der Waals surface area contributed by atoms with E-state index >= 15 is 0 Å². The summed E-state index contributed by atoms with van der Waals surface area (Å²) >= 11 is 1.26. The lowest BCUT2D eigenvalue weighted by molar-refractivity contribution is 0.318. The molecule has 0 saturated heterocycles. The lowest BCUT2D eigenvalue weighted by Gasteiger charge is -2.04. The number of hydrogen-bond acceptors (Lipinski definition) is 6. The fraction of sp³-hybridized carbons (Fsp3) is 0.273. The van der Waals surface area contributed by atoms with Gasteiger partial charge in [0.15, 0.2) is 11.0 Å². The molecule has 2 aromatic heterocycles. The minimum absolute atomic E-state index is 0.0611. The first-order valence-corrected chi connectivity index (χ1v) is 6.80. The Balaban J connectivity index is 1.90. The van der Waals surface area contributed by atoms with Crippen molar-refractivity contribution >= 4 is 17.6 Å². The van der Waals surface area contributed by atoms with Crippen molar-refractivity contribution in [3.05, 3.63) is 34.4 Å². The Kier molecular flexibility index (Phi) is 3.18. The highest BCUT2D eigenvalue weighted by Crippen LogP contribution is 2.37. The predicted octanol–water partition coefficient (Wildman–Crippen LogP) is 0.547. The van der Waals surface area contributed by atoms with Crippen LogP contribution in [0.5, 0.6) is 0 Å². The van der Waals surface area contributed by atoms with Gasteiger partial charge in [-0.2, -0.15) is 0 Å². The zero-order valence-electron chi connectivity index (χ0n) is 10.4. The third-order valence-corrected chi connectivity index (χ3v) is 3.78. The number of hydrogen-bond donors (Lipinski definition) is 3. The van der Waals surface area contributed by atoms with Crippen molar-refractivity contribution in [1.82, 2.24) is 19.7 Å². The van der Waals surface area contributed by atoms with Crippen molar-refractivity contribution in [1.29, 1.82) is 0 Å². The lowest BCUT2D eigenvalue weighted by Crippen LogP contribution is -2.16. The first-order chi connectivity index (χ1) is 9.69. The normalized spacial score (nSPS) is 15.5. The standard InChI is InChI=1S/C11H12N6O2S/c12-9(16-19)7-2-1-3-8(13-7)20-11-15-14-10(18)17(11)6-4-5-6/h1-3,6,19H,4-5H2,(H2,12,16)(H,14,18). The van der Waals surface area contributed by atoms with Crippen molar-refractivity contribution in [2.75, 3.05) is 0 Å². The molecule has 0 spiro atoms. The first-order valence-electron chi connectivity index (χ1n) is 5.99. The van der Waals surface area contributed by atoms with Gasteiger partial charge in [0.1, 0.15) is 10.7 Å². The van der Waals surface area contributed by atoms with E-state index in [2.05, 4.69) is 20.3 Å². The van der Waals surface area contributed by atoms with E-state index in [0.717, 1.165) is 12.8 Å². The molecule has 0 aliphatic heterocycles. The zero-order chi connectivity index (χ0) is 14.1. The smallest absolute Gasteiger partial charge is 0.344 e. The van der Waals surface area contributed by atoms with E-state index in [1.54, 1.807) is 22.8 Å². The van der Waals surface area contributed by atoms with Crippen LogP contribution < -0.4 is 11.4 Å². The van der Waals surface area contributed by atoms with Gasteiger partial charge in [0.2, 0.25) is 0 Å². The van der Waals surface area contributed by atoms with Crippen LogP contribution >= 0.6 is 11.8 Å². The van der Waals surface area contributed by atoms with Gasteiger partial charge in [-0.05, 0) is 36.7 Å². The van der Waals surface area contributed by atoms with E-state index in [1.165, 1.54) is 11.8 Å². The molecule has 1 aliphatic rings. The van der Waals surface area contributed by atoms with Crippen LogP contribution in [0.15, 0.2) is 38.3 Å². The van der Waals surface area contributed by atoms with Crippen molar-refractivity contribution in [2.24, 2.45) is 10.9 Å². The molecule has 2 heterocycles. The van der Waals surface area contributed by atoms with Gasteiger partial charge in [0.25, 0.3) is 0 Å². The summed E-state index contributed by atoms with van der Waals surface area (Å²) in [7, 11) is 0. The number of nitrogens with zero attached hydrogens (tertiary/aromatic N) is 4. The summed E-state index contributed by atoms with van der Waals surface area (Å²) in [5, 5.41) is 19.2. The molecule has 4 N–H and O–H groups in total. The molecular formula is C11H12N6O2S. The largest absolute Gasteiger partial charge is 0.409 e. The molecule has 1 saturated carbocycles. The summed E-state index contributed by atoms with van der Waals surface area (Å²) in [5.74, 6) is -0.0611. The second-order valence-corrected chi connectivity index (χ2v) is 5.35. The first kappa shape index (κ1) is 12.7. The van der Waals surface area contributed by atoms with Crippen molar-refractivity contribution < 1.29 is 5.21 Å². The molecule has 1 aliphatic carbocycles. The predicted molar refractivity (Wildman–Crippen MR) is 72.0 cm³/mol. The van der Waals surface area contributed by atoms with E-state index in [9.17, 15) is 4.79 Å². The van der Waals surface area contributed by atoms with Crippen LogP contribution in [-0.2, 0) is 0 Å². The van der Waals surface area contributed by atoms with Gasteiger partial charge in [-0.3, -0.25) is 4.57 Å². The maximum absolute atomic E-state index is 11.7. The summed E-state index contributed by atoms with van der Waals surface area (Å²) in [5.41, 5.74) is 5.66. The van der Waals surface area contributed by atoms with Crippen molar-refractivity contribution in [3.63, 3.8) is 0 Å². The van der Waals surface area contributed by atoms with Crippen LogP contribution in [0.3, 0.4) is 0 Å². The Labute approximate surface area is 117 Å². The van der Waals surface area contributed by atoms with E-state index in [-0.39, 0.29) is 17.6 Å². The third-order valence-electron chi connectivity index (χ3n) is 2.87. The molecule has 9 heteroatoms. The molecule has 0 atom stereocenters. The SMILES string of the molecule is NC(=NO)c1cccc(Sc2n[nH]c(=O)n2C2CC2)n1. The number of nitrogens with one attached hydrogen (secondary N) is 1. The van der Waals surface area contributed by atoms with Crippen molar-refractivity contribution in [2.45, 2.75) is 29.1 Å². The molecule has 2 aromatic rings. The van der Waals surface area contributed by atoms with Gasteiger partial charge in [-0.15, -0.1) is 5.10 Å². The average Bonchev–Trinajstić information content (AvgIpc) is 3.23. The van der Waals surface area contributed by atoms with Crippen LogP contribution in [0.2, 0.25) is 0 Å². The third kappa shape index (κ3) is 2.39. The highest BCUT2D eigenvalue weighted by atomic mass is 32.2. The minimum atomic E-state index is -0.206. The second-order valence-electron chi connectivity index (χ2n) is 4.36. The van der Waals surface area contributed by atoms with E-state index < -0.39 is 0 Å². The number of aromatic nitrogens is 4. The molecule has 0 bridgehead atoms. The number of amidine groups is 1. The molecule has 0 aromatic carbocycles. The number of H-pyrrole nitrogens is 1. The van der Waals surface area contributed by atoms with E-state index in [1.807, 2.05) is 0 Å². The van der Waals surface area contributed by atoms with Gasteiger partial charge in [-0.25, -0.2) is 14.9 Å². The van der Waals surface area contributed by atoms with Gasteiger partial charge in [0, 0.05) is 6.04 Å². The molecule has 8 nitrogen and oxygen atoms in total. The number of rotatable bonds is 4. The summed E-state index contributed by atoms with van der Waals surface area (Å²) < 4.78 is 1.64. The van der Waals surface area contributed by atoms with Gasteiger partial charge in [0.05, 0.1) is 0 Å². The summed E-state index contributed by atoms with van der Waals surface area (Å²) in [6.45, 7) is 0. The molecule has 0 unspecified atom stereocenters. The maximum atomic E-state index is 11.7. The van der Waals surface area contributed by atoms with Crippen LogP contribution in [0.4, 0.5) is 0 Å². The fourth-order valence-electron chi connectivity index (χ4n) is 1.78. The summed E-state index contributed by atoms with van der Waals surface area (Å²) in [6.07, 6.45) is 1.98. The quantitative estimate of drug-likeness (QED) is 0.327. The van der Waals surface area contributed by atoms with Crippen LogP contribution in [0.1, 0.15) is 24.6 Å². The van der Waals surface area contributed by atoms with E-state index in [0.29, 0.717) is 15.9 Å². The van der Waals surface area contributed by atoms with Crippen LogP contribution in [0.25, 0.3) is 0 Å². The zero-order valence-corrected chi connectivity index (χ0v) is 11.2. The average molecular weight is 292 g/mol. The summed E-state index contributed by atoms with van der Waals surface area (Å²) in [4.78, 5) is 15.9. The molecule has 0 radical (unpaired) electrons. The maximum Gasteiger partial charge on any atom is 0.344 e. The minimum Gasteiger partial charge on any atom is -0.409 e. The molecular weight excluding hydrogens is 280 g/mol. The fourth-order valence-corrected chi connectivity index (χ4v) is 2.68. The van der Waals surface area contributed by atoms with Gasteiger partial charge >= 0.3 is 5.69 Å². The Morgan fingerprint density at radius 1 is 1.55 bits per heavy atom. The van der Waals surface area contributed by atoms with E-state index in [4.69, 9.17) is 10.9 Å². The van der Waals surface area contributed by atoms with Gasteiger partial charge < -0.3 is 10.9 Å². The van der Waals surface area contributed by atoms with Crippen LogP contribution in [-0.4, -0.2) is 30.8 Å². The lowest BCUT2D eigenvalue weighted by atomic mass is 10.3. The van der Waals surface area contributed by atoms with Gasteiger partial charge in [-0.1, -0.05) is 11.2 Å². The second kappa shape index (κ2) is 5.00. The molecule has 1 fully saturated rings.